The summed E-state index contributed by atoms with van der Waals surface area (Å²) in [5.41, 5.74) is 7.58. The Bertz CT molecular complexity index is 533. The molecule has 2 aliphatic heterocycles. The van der Waals surface area contributed by atoms with Gasteiger partial charge in [0, 0.05) is 37.0 Å². The number of nitrogens with zero attached hydrogens (tertiary/aromatic N) is 2. The van der Waals surface area contributed by atoms with E-state index in [9.17, 15) is 4.79 Å². The lowest BCUT2D eigenvalue weighted by Gasteiger charge is -2.35. The van der Waals surface area contributed by atoms with Crippen molar-refractivity contribution >= 4 is 30.7 Å². The predicted molar refractivity (Wildman–Crippen MR) is 108 cm³/mol. The largest absolute Gasteiger partial charge is 0.340 e. The van der Waals surface area contributed by atoms with Crippen molar-refractivity contribution in [2.75, 3.05) is 26.2 Å². The summed E-state index contributed by atoms with van der Waals surface area (Å²) < 4.78 is 0. The number of nitrogens with two attached hydrogens (primary N) is 1. The van der Waals surface area contributed by atoms with E-state index in [-0.39, 0.29) is 42.7 Å². The normalized spacial score (nSPS) is 24.7. The van der Waals surface area contributed by atoms with Gasteiger partial charge in [0.25, 0.3) is 0 Å². The minimum atomic E-state index is 0. The Morgan fingerprint density at radius 2 is 1.68 bits per heavy atom. The first-order valence-corrected chi connectivity index (χ1v) is 8.89. The lowest BCUT2D eigenvalue weighted by Crippen LogP contribution is -2.44. The van der Waals surface area contributed by atoms with Crippen LogP contribution in [0.5, 0.6) is 0 Å². The minimum Gasteiger partial charge on any atom is -0.340 e. The lowest BCUT2D eigenvalue weighted by molar-refractivity contribution is -0.136. The van der Waals surface area contributed by atoms with Crippen LogP contribution in [0.4, 0.5) is 0 Å². The average molecular weight is 388 g/mol. The topological polar surface area (TPSA) is 49.6 Å². The molecule has 0 aromatic heterocycles. The number of benzene rings is 1. The van der Waals surface area contributed by atoms with Gasteiger partial charge in [-0.25, -0.2) is 0 Å². The Labute approximate surface area is 163 Å². The first-order chi connectivity index (χ1) is 11.1. The fourth-order valence-electron chi connectivity index (χ4n) is 3.98. The molecule has 0 aliphatic carbocycles. The molecule has 142 valence electrons. The summed E-state index contributed by atoms with van der Waals surface area (Å²) in [7, 11) is 0. The van der Waals surface area contributed by atoms with Gasteiger partial charge in [-0.15, -0.1) is 24.8 Å². The molecule has 4 nitrogen and oxygen atoms in total. The van der Waals surface area contributed by atoms with E-state index in [1.165, 1.54) is 5.56 Å². The maximum absolute atomic E-state index is 12.9. The van der Waals surface area contributed by atoms with Crippen molar-refractivity contribution in [2.45, 2.75) is 44.7 Å². The van der Waals surface area contributed by atoms with Gasteiger partial charge in [0.05, 0.1) is 0 Å². The number of likely N-dealkylation sites (tertiary alicyclic amines) is 2. The predicted octanol–water partition coefficient (Wildman–Crippen LogP) is 2.90. The number of hydrogen-bond acceptors (Lipinski definition) is 3. The molecule has 3 rings (SSSR count). The van der Waals surface area contributed by atoms with E-state index in [1.54, 1.807) is 0 Å². The zero-order valence-corrected chi connectivity index (χ0v) is 16.8. The highest BCUT2D eigenvalue weighted by Gasteiger charge is 2.37. The van der Waals surface area contributed by atoms with Gasteiger partial charge in [-0.05, 0) is 45.3 Å². The van der Waals surface area contributed by atoms with Crippen LogP contribution in [0.15, 0.2) is 30.3 Å². The summed E-state index contributed by atoms with van der Waals surface area (Å²) >= 11 is 0. The average Bonchev–Trinajstić information content (AvgIpc) is 2.97. The highest BCUT2D eigenvalue weighted by molar-refractivity contribution is 5.85. The van der Waals surface area contributed by atoms with E-state index < -0.39 is 0 Å². The molecule has 6 heteroatoms. The van der Waals surface area contributed by atoms with E-state index in [0.29, 0.717) is 18.5 Å². The monoisotopic (exact) mass is 387 g/mol. The van der Waals surface area contributed by atoms with Crippen LogP contribution >= 0.6 is 24.8 Å². The zero-order valence-electron chi connectivity index (χ0n) is 15.1. The van der Waals surface area contributed by atoms with Crippen LogP contribution in [0.3, 0.4) is 0 Å². The summed E-state index contributed by atoms with van der Waals surface area (Å²) in [6, 6.07) is 11.0. The molecule has 1 amide bonds. The fourth-order valence-corrected chi connectivity index (χ4v) is 3.98. The number of amides is 1. The second-order valence-corrected chi connectivity index (χ2v) is 7.33. The summed E-state index contributed by atoms with van der Waals surface area (Å²) in [6.07, 6.45) is 1.97. The van der Waals surface area contributed by atoms with Gasteiger partial charge < -0.3 is 15.5 Å². The van der Waals surface area contributed by atoms with Gasteiger partial charge in [-0.1, -0.05) is 30.3 Å². The number of carbonyl (C=O) groups is 1. The standard InChI is InChI=1S/C19H29N3O.2ClH/c1-14(2)21-10-8-16(9-11-21)19(23)22-12-17(18(20)13-22)15-6-4-3-5-7-15;;/h3-7,14,16-18H,8-13,20H2,1-2H3;2*1H/t17-,18+;;/m0../s1. The molecule has 0 radical (unpaired) electrons. The summed E-state index contributed by atoms with van der Waals surface area (Å²) in [4.78, 5) is 17.3. The molecule has 2 saturated heterocycles. The van der Waals surface area contributed by atoms with Gasteiger partial charge in [0.15, 0.2) is 0 Å². The first-order valence-electron chi connectivity index (χ1n) is 8.89. The highest BCUT2D eigenvalue weighted by atomic mass is 35.5. The molecule has 0 bridgehead atoms. The van der Waals surface area contributed by atoms with Crippen molar-refractivity contribution in [1.82, 2.24) is 9.80 Å². The third kappa shape index (κ3) is 5.10. The van der Waals surface area contributed by atoms with Crippen LogP contribution in [0.2, 0.25) is 0 Å². The molecule has 0 unspecified atom stereocenters. The molecular weight excluding hydrogens is 357 g/mol. The Morgan fingerprint density at radius 1 is 1.08 bits per heavy atom. The Morgan fingerprint density at radius 3 is 2.24 bits per heavy atom. The number of carbonyl (C=O) groups excluding carboxylic acids is 1. The molecule has 2 aliphatic rings. The van der Waals surface area contributed by atoms with Crippen molar-refractivity contribution in [3.05, 3.63) is 35.9 Å². The van der Waals surface area contributed by atoms with Crippen molar-refractivity contribution in [2.24, 2.45) is 11.7 Å². The fraction of sp³-hybridized carbons (Fsp3) is 0.632. The van der Waals surface area contributed by atoms with E-state index in [4.69, 9.17) is 5.73 Å². The number of halogens is 2. The molecule has 2 fully saturated rings. The van der Waals surface area contributed by atoms with Crippen LogP contribution in [-0.4, -0.2) is 54.0 Å². The number of hydrogen-bond donors (Lipinski definition) is 1. The van der Waals surface area contributed by atoms with Crippen LogP contribution in [-0.2, 0) is 4.79 Å². The van der Waals surface area contributed by atoms with E-state index in [2.05, 4.69) is 30.9 Å². The molecule has 25 heavy (non-hydrogen) atoms. The van der Waals surface area contributed by atoms with Crippen LogP contribution in [0.1, 0.15) is 38.2 Å². The van der Waals surface area contributed by atoms with E-state index in [0.717, 1.165) is 32.5 Å². The quantitative estimate of drug-likeness (QED) is 0.866. The van der Waals surface area contributed by atoms with E-state index >= 15 is 0 Å². The maximum atomic E-state index is 12.9. The third-order valence-electron chi connectivity index (χ3n) is 5.51. The smallest absolute Gasteiger partial charge is 0.225 e. The second kappa shape index (κ2) is 9.77. The third-order valence-corrected chi connectivity index (χ3v) is 5.51. The molecule has 2 atom stereocenters. The first kappa shape index (κ1) is 22.2. The summed E-state index contributed by atoms with van der Waals surface area (Å²) in [5.74, 6) is 0.782. The SMILES string of the molecule is CC(C)N1CCC(C(=O)N2C[C@@H](N)[C@H](c3ccccc3)C2)CC1.Cl.Cl. The molecular formula is C19H31Cl2N3O. The number of rotatable bonds is 3. The van der Waals surface area contributed by atoms with Crippen LogP contribution < -0.4 is 5.73 Å². The van der Waals surface area contributed by atoms with E-state index in [1.807, 2.05) is 23.1 Å². The molecule has 0 saturated carbocycles. The Balaban J connectivity index is 0.00000156. The Kier molecular flexibility index (Phi) is 8.69. The van der Waals surface area contributed by atoms with Gasteiger partial charge in [0.1, 0.15) is 0 Å². The van der Waals surface area contributed by atoms with Gasteiger partial charge in [-0.2, -0.15) is 0 Å². The molecule has 0 spiro atoms. The molecule has 2 N–H and O–H groups in total. The Hall–Kier alpha value is -0.810. The van der Waals surface area contributed by atoms with Crippen molar-refractivity contribution in [3.63, 3.8) is 0 Å². The highest BCUT2D eigenvalue weighted by Crippen LogP contribution is 2.29. The van der Waals surface area contributed by atoms with Crippen molar-refractivity contribution in [1.29, 1.82) is 0 Å². The van der Waals surface area contributed by atoms with Crippen LogP contribution in [0, 0.1) is 5.92 Å². The number of piperidine rings is 1. The zero-order chi connectivity index (χ0) is 16.4. The van der Waals surface area contributed by atoms with Crippen molar-refractivity contribution in [3.8, 4) is 0 Å². The van der Waals surface area contributed by atoms with Gasteiger partial charge in [-0.3, -0.25) is 4.79 Å². The molecule has 1 aromatic carbocycles. The summed E-state index contributed by atoms with van der Waals surface area (Å²) in [5, 5.41) is 0. The second-order valence-electron chi connectivity index (χ2n) is 7.33. The minimum absolute atomic E-state index is 0. The lowest BCUT2D eigenvalue weighted by atomic mass is 9.94. The van der Waals surface area contributed by atoms with Gasteiger partial charge >= 0.3 is 0 Å². The van der Waals surface area contributed by atoms with Gasteiger partial charge in [0.2, 0.25) is 5.91 Å². The van der Waals surface area contributed by atoms with Crippen LogP contribution in [0.25, 0.3) is 0 Å². The molecule has 1 aromatic rings. The van der Waals surface area contributed by atoms with Crippen molar-refractivity contribution < 1.29 is 4.79 Å². The summed E-state index contributed by atoms with van der Waals surface area (Å²) in [6.45, 7) is 8.00. The molecule has 2 heterocycles. The maximum Gasteiger partial charge on any atom is 0.225 e.